The lowest BCUT2D eigenvalue weighted by molar-refractivity contribution is 0.304. The van der Waals surface area contributed by atoms with E-state index >= 15 is 0 Å². The molecule has 0 amide bonds. The maximum Gasteiger partial charge on any atom is 0.218 e. The van der Waals surface area contributed by atoms with Gasteiger partial charge in [-0.1, -0.05) is 6.08 Å². The van der Waals surface area contributed by atoms with Crippen LogP contribution in [-0.2, 0) is 6.54 Å². The molecule has 18 heavy (non-hydrogen) atoms. The minimum atomic E-state index is -0.350. The van der Waals surface area contributed by atoms with Gasteiger partial charge in [-0.2, -0.15) is 0 Å². The van der Waals surface area contributed by atoms with E-state index in [1.165, 1.54) is 12.3 Å². The van der Waals surface area contributed by atoms with Crippen molar-refractivity contribution in [3.05, 3.63) is 36.3 Å². The summed E-state index contributed by atoms with van der Waals surface area (Å²) in [5, 5.41) is 3.29. The summed E-state index contributed by atoms with van der Waals surface area (Å²) in [6.07, 6.45) is 3.69. The van der Waals surface area contributed by atoms with Crippen molar-refractivity contribution in [2.45, 2.75) is 39.3 Å². The van der Waals surface area contributed by atoms with E-state index < -0.39 is 0 Å². The van der Waals surface area contributed by atoms with Crippen LogP contribution in [0.3, 0.4) is 0 Å². The number of hydrogen-bond acceptors (Lipinski definition) is 3. The Morgan fingerprint density at radius 2 is 2.22 bits per heavy atom. The monoisotopic (exact) mass is 252 g/mol. The fourth-order valence-electron chi connectivity index (χ4n) is 1.32. The summed E-state index contributed by atoms with van der Waals surface area (Å²) in [7, 11) is 0. The summed E-state index contributed by atoms with van der Waals surface area (Å²) < 4.78 is 18.7. The molecular weight excluding hydrogens is 231 g/mol. The minimum Gasteiger partial charge on any atom is -0.477 e. The second kappa shape index (κ2) is 6.50. The Kier molecular flexibility index (Phi) is 5.28. The van der Waals surface area contributed by atoms with Gasteiger partial charge in [0.25, 0.3) is 0 Å². The molecule has 1 N–H and O–H groups in total. The normalized spacial score (nSPS) is 11.3. The van der Waals surface area contributed by atoms with E-state index in [-0.39, 0.29) is 11.4 Å². The average molecular weight is 252 g/mol. The van der Waals surface area contributed by atoms with E-state index in [2.05, 4.69) is 37.7 Å². The van der Waals surface area contributed by atoms with Gasteiger partial charge in [-0.05, 0) is 33.3 Å². The Bertz CT molecular complexity index is 399. The van der Waals surface area contributed by atoms with Gasteiger partial charge in [0, 0.05) is 17.6 Å². The summed E-state index contributed by atoms with van der Waals surface area (Å²) in [6.45, 7) is 10.8. The molecule has 0 atom stereocenters. The first-order valence-electron chi connectivity index (χ1n) is 6.05. The Hall–Kier alpha value is -1.42. The van der Waals surface area contributed by atoms with Crippen LogP contribution in [0.15, 0.2) is 24.9 Å². The summed E-state index contributed by atoms with van der Waals surface area (Å²) in [5.41, 5.74) is 0.694. The third-order valence-corrected chi connectivity index (χ3v) is 2.26. The summed E-state index contributed by atoms with van der Waals surface area (Å²) >= 11 is 0. The summed E-state index contributed by atoms with van der Waals surface area (Å²) in [6, 6.07) is 1.45. The smallest absolute Gasteiger partial charge is 0.218 e. The molecule has 0 saturated carbocycles. The number of nitrogens with one attached hydrogen (secondary N) is 1. The van der Waals surface area contributed by atoms with E-state index in [4.69, 9.17) is 4.74 Å². The number of ether oxygens (including phenoxy) is 1. The van der Waals surface area contributed by atoms with E-state index in [1.807, 2.05) is 0 Å². The quantitative estimate of drug-likeness (QED) is 0.624. The predicted molar refractivity (Wildman–Crippen MR) is 71.1 cm³/mol. The highest BCUT2D eigenvalue weighted by atomic mass is 19.1. The first kappa shape index (κ1) is 14.6. The highest BCUT2D eigenvalue weighted by molar-refractivity contribution is 5.26. The Morgan fingerprint density at radius 3 is 2.83 bits per heavy atom. The van der Waals surface area contributed by atoms with Crippen LogP contribution in [0.4, 0.5) is 4.39 Å². The molecule has 1 aromatic rings. The molecule has 0 aliphatic heterocycles. The molecule has 0 radical (unpaired) electrons. The van der Waals surface area contributed by atoms with Crippen molar-refractivity contribution in [3.63, 3.8) is 0 Å². The van der Waals surface area contributed by atoms with Gasteiger partial charge in [0.1, 0.15) is 5.82 Å². The number of pyridine rings is 1. The second-order valence-corrected chi connectivity index (χ2v) is 5.15. The van der Waals surface area contributed by atoms with Crippen LogP contribution >= 0.6 is 0 Å². The van der Waals surface area contributed by atoms with Gasteiger partial charge in [-0.25, -0.2) is 9.37 Å². The number of aromatic nitrogens is 1. The zero-order chi connectivity index (χ0) is 13.6. The van der Waals surface area contributed by atoms with Crippen molar-refractivity contribution in [2.75, 3.05) is 6.61 Å². The Labute approximate surface area is 108 Å². The van der Waals surface area contributed by atoms with Crippen molar-refractivity contribution < 1.29 is 9.13 Å². The van der Waals surface area contributed by atoms with E-state index in [9.17, 15) is 4.39 Å². The fourth-order valence-corrected chi connectivity index (χ4v) is 1.32. The molecule has 1 heterocycles. The molecule has 0 saturated heterocycles. The molecule has 100 valence electrons. The van der Waals surface area contributed by atoms with Gasteiger partial charge < -0.3 is 10.1 Å². The molecule has 4 heteroatoms. The Morgan fingerprint density at radius 1 is 1.50 bits per heavy atom. The molecule has 3 nitrogen and oxygen atoms in total. The SMILES string of the molecule is C=CCCOc1ncc(F)cc1CNC(C)(C)C. The van der Waals surface area contributed by atoms with Crippen LogP contribution < -0.4 is 10.1 Å². The minimum absolute atomic E-state index is 0.0370. The van der Waals surface area contributed by atoms with Crippen molar-refractivity contribution >= 4 is 0 Å². The molecule has 1 aromatic heterocycles. The molecular formula is C14H21FN2O. The van der Waals surface area contributed by atoms with E-state index in [1.54, 1.807) is 6.08 Å². The van der Waals surface area contributed by atoms with Gasteiger partial charge in [-0.15, -0.1) is 6.58 Å². The molecule has 0 aromatic carbocycles. The number of halogens is 1. The van der Waals surface area contributed by atoms with Crippen LogP contribution in [-0.4, -0.2) is 17.1 Å². The van der Waals surface area contributed by atoms with Crippen LogP contribution in [0.1, 0.15) is 32.8 Å². The van der Waals surface area contributed by atoms with Crippen molar-refractivity contribution in [2.24, 2.45) is 0 Å². The summed E-state index contributed by atoms with van der Waals surface area (Å²) in [5.74, 6) is 0.131. The van der Waals surface area contributed by atoms with Crippen LogP contribution in [0.25, 0.3) is 0 Å². The lowest BCUT2D eigenvalue weighted by Crippen LogP contribution is -2.35. The maximum atomic E-state index is 13.2. The molecule has 0 unspecified atom stereocenters. The van der Waals surface area contributed by atoms with Gasteiger partial charge in [0.15, 0.2) is 0 Å². The average Bonchev–Trinajstić information content (AvgIpc) is 2.28. The van der Waals surface area contributed by atoms with Crippen molar-refractivity contribution in [1.29, 1.82) is 0 Å². The number of hydrogen-bond donors (Lipinski definition) is 1. The Balaban J connectivity index is 2.73. The molecule has 1 rings (SSSR count). The van der Waals surface area contributed by atoms with Gasteiger partial charge in [-0.3, -0.25) is 0 Å². The lowest BCUT2D eigenvalue weighted by atomic mass is 10.1. The third-order valence-electron chi connectivity index (χ3n) is 2.26. The molecule has 0 bridgehead atoms. The third kappa shape index (κ3) is 5.27. The van der Waals surface area contributed by atoms with Gasteiger partial charge >= 0.3 is 0 Å². The molecule has 0 aliphatic carbocycles. The van der Waals surface area contributed by atoms with Crippen LogP contribution in [0.2, 0.25) is 0 Å². The van der Waals surface area contributed by atoms with Gasteiger partial charge in [0.2, 0.25) is 5.88 Å². The summed E-state index contributed by atoms with van der Waals surface area (Å²) in [4.78, 5) is 3.98. The number of nitrogens with zero attached hydrogens (tertiary/aromatic N) is 1. The standard InChI is InChI=1S/C14H21FN2O/c1-5-6-7-18-13-11(8-12(15)10-16-13)9-17-14(2,3)4/h5,8,10,17H,1,6-7,9H2,2-4H3. The molecule has 0 aliphatic rings. The topological polar surface area (TPSA) is 34.1 Å². The number of rotatable bonds is 6. The molecule has 0 spiro atoms. The first-order chi connectivity index (χ1) is 8.42. The lowest BCUT2D eigenvalue weighted by Gasteiger charge is -2.21. The first-order valence-corrected chi connectivity index (χ1v) is 6.05. The largest absolute Gasteiger partial charge is 0.477 e. The second-order valence-electron chi connectivity index (χ2n) is 5.15. The molecule has 0 fully saturated rings. The van der Waals surface area contributed by atoms with Gasteiger partial charge in [0.05, 0.1) is 12.8 Å². The highest BCUT2D eigenvalue weighted by Gasteiger charge is 2.12. The van der Waals surface area contributed by atoms with Crippen molar-refractivity contribution in [3.8, 4) is 5.88 Å². The fraction of sp³-hybridized carbons (Fsp3) is 0.500. The van der Waals surface area contributed by atoms with Crippen LogP contribution in [0.5, 0.6) is 5.88 Å². The highest BCUT2D eigenvalue weighted by Crippen LogP contribution is 2.17. The zero-order valence-electron chi connectivity index (χ0n) is 11.3. The predicted octanol–water partition coefficient (Wildman–Crippen LogP) is 3.06. The van der Waals surface area contributed by atoms with Crippen LogP contribution in [0, 0.1) is 5.82 Å². The maximum absolute atomic E-state index is 13.2. The van der Waals surface area contributed by atoms with E-state index in [0.717, 1.165) is 12.0 Å². The van der Waals surface area contributed by atoms with Crippen molar-refractivity contribution in [1.82, 2.24) is 10.3 Å². The van der Waals surface area contributed by atoms with E-state index in [0.29, 0.717) is 19.0 Å². The zero-order valence-corrected chi connectivity index (χ0v) is 11.3.